The van der Waals surface area contributed by atoms with Crippen molar-refractivity contribution in [2.75, 3.05) is 5.32 Å². The summed E-state index contributed by atoms with van der Waals surface area (Å²) in [6, 6.07) is 10.2. The number of nitrogens with one attached hydrogen (secondary N) is 1. The van der Waals surface area contributed by atoms with E-state index in [1.165, 1.54) is 29.4 Å². The summed E-state index contributed by atoms with van der Waals surface area (Å²) in [5.74, 6) is 1.26. The number of benzene rings is 1. The minimum absolute atomic E-state index is 0.125. The minimum atomic E-state index is -0.125. The summed E-state index contributed by atoms with van der Waals surface area (Å²) in [7, 11) is 0. The molecule has 1 aromatic carbocycles. The van der Waals surface area contributed by atoms with Crippen molar-refractivity contribution in [3.63, 3.8) is 0 Å². The lowest BCUT2D eigenvalue weighted by molar-refractivity contribution is -0.114. The van der Waals surface area contributed by atoms with Gasteiger partial charge in [-0.3, -0.25) is 14.3 Å². The zero-order valence-electron chi connectivity index (χ0n) is 16.8. The van der Waals surface area contributed by atoms with Gasteiger partial charge in [0.1, 0.15) is 0 Å². The van der Waals surface area contributed by atoms with E-state index in [1.54, 1.807) is 24.2 Å². The van der Waals surface area contributed by atoms with Crippen LogP contribution in [0.2, 0.25) is 0 Å². The lowest BCUT2D eigenvalue weighted by Crippen LogP contribution is -2.05. The summed E-state index contributed by atoms with van der Waals surface area (Å²) in [6.07, 6.45) is 3.50. The van der Waals surface area contributed by atoms with Crippen molar-refractivity contribution in [2.45, 2.75) is 31.7 Å². The van der Waals surface area contributed by atoms with E-state index in [0.29, 0.717) is 10.9 Å². The van der Waals surface area contributed by atoms with E-state index in [0.717, 1.165) is 27.9 Å². The number of amides is 1. The highest BCUT2D eigenvalue weighted by Crippen LogP contribution is 2.31. The number of aryl methyl sites for hydroxylation is 2. The average molecular weight is 437 g/mol. The van der Waals surface area contributed by atoms with Crippen LogP contribution in [-0.4, -0.2) is 30.6 Å². The zero-order valence-corrected chi connectivity index (χ0v) is 18.4. The molecule has 9 heteroatoms. The third-order valence-corrected chi connectivity index (χ3v) is 6.27. The normalized spacial score (nSPS) is 10.9. The highest BCUT2D eigenvalue weighted by molar-refractivity contribution is 7.98. The molecular formula is C21H20N6OS2. The van der Waals surface area contributed by atoms with E-state index in [2.05, 4.69) is 62.1 Å². The molecule has 1 amide bonds. The average Bonchev–Trinajstić information content (AvgIpc) is 3.35. The van der Waals surface area contributed by atoms with Gasteiger partial charge in [0.15, 0.2) is 16.1 Å². The van der Waals surface area contributed by atoms with Crippen molar-refractivity contribution in [1.82, 2.24) is 24.7 Å². The van der Waals surface area contributed by atoms with Crippen molar-refractivity contribution >= 4 is 34.1 Å². The maximum Gasteiger partial charge on any atom is 0.223 e. The van der Waals surface area contributed by atoms with Crippen molar-refractivity contribution < 1.29 is 4.79 Å². The predicted octanol–water partition coefficient (Wildman–Crippen LogP) is 4.65. The summed E-state index contributed by atoms with van der Waals surface area (Å²) in [6.45, 7) is 5.67. The quantitative estimate of drug-likeness (QED) is 0.443. The van der Waals surface area contributed by atoms with Gasteiger partial charge in [0, 0.05) is 36.0 Å². The fourth-order valence-electron chi connectivity index (χ4n) is 2.87. The van der Waals surface area contributed by atoms with Crippen LogP contribution in [0.3, 0.4) is 0 Å². The predicted molar refractivity (Wildman–Crippen MR) is 120 cm³/mol. The van der Waals surface area contributed by atoms with E-state index in [9.17, 15) is 4.79 Å². The first-order valence-corrected chi connectivity index (χ1v) is 11.2. The first kappa shape index (κ1) is 20.2. The number of thioether (sulfide) groups is 1. The number of hydrogen-bond acceptors (Lipinski definition) is 7. The highest BCUT2D eigenvalue weighted by Gasteiger charge is 2.17. The van der Waals surface area contributed by atoms with Crippen LogP contribution in [0, 0.1) is 13.8 Å². The van der Waals surface area contributed by atoms with Crippen LogP contribution in [0.25, 0.3) is 17.1 Å². The second kappa shape index (κ2) is 8.76. The molecule has 0 unspecified atom stereocenters. The monoisotopic (exact) mass is 436 g/mol. The molecule has 0 fully saturated rings. The largest absolute Gasteiger partial charge is 0.302 e. The molecule has 0 saturated heterocycles. The molecule has 152 valence electrons. The van der Waals surface area contributed by atoms with Crippen molar-refractivity contribution in [1.29, 1.82) is 0 Å². The number of thiazole rings is 1. The molecule has 0 aliphatic rings. The Balaban J connectivity index is 1.67. The van der Waals surface area contributed by atoms with Gasteiger partial charge in [0.2, 0.25) is 5.91 Å². The molecule has 0 atom stereocenters. The van der Waals surface area contributed by atoms with Crippen LogP contribution in [0.5, 0.6) is 0 Å². The smallest absolute Gasteiger partial charge is 0.223 e. The van der Waals surface area contributed by atoms with Crippen LogP contribution < -0.4 is 5.32 Å². The van der Waals surface area contributed by atoms with Crippen LogP contribution in [-0.2, 0) is 10.5 Å². The molecule has 0 aliphatic heterocycles. The SMILES string of the molecule is CC(=O)Nc1nc(CSc2nnc(-c3ccncc3)n2-c2ccc(C)c(C)c2)cs1. The summed E-state index contributed by atoms with van der Waals surface area (Å²) in [4.78, 5) is 19.8. The Morgan fingerprint density at radius 2 is 1.93 bits per heavy atom. The second-order valence-corrected chi connectivity index (χ2v) is 8.56. The summed E-state index contributed by atoms with van der Waals surface area (Å²) >= 11 is 2.97. The van der Waals surface area contributed by atoms with Crippen LogP contribution in [0.1, 0.15) is 23.7 Å². The number of hydrogen-bond donors (Lipinski definition) is 1. The van der Waals surface area contributed by atoms with Crippen LogP contribution in [0.15, 0.2) is 53.3 Å². The molecule has 0 aliphatic carbocycles. The van der Waals surface area contributed by atoms with E-state index in [-0.39, 0.29) is 5.91 Å². The van der Waals surface area contributed by atoms with Crippen molar-refractivity contribution in [3.05, 3.63) is 64.9 Å². The molecular weight excluding hydrogens is 416 g/mol. The Bertz CT molecular complexity index is 1190. The lowest BCUT2D eigenvalue weighted by atomic mass is 10.1. The molecule has 0 bridgehead atoms. The second-order valence-electron chi connectivity index (χ2n) is 6.76. The minimum Gasteiger partial charge on any atom is -0.302 e. The number of carbonyl (C=O) groups excluding carboxylic acids is 1. The fraction of sp³-hybridized carbons (Fsp3) is 0.190. The topological polar surface area (TPSA) is 85.6 Å². The standard InChI is InChI=1S/C21H20N6OS2/c1-13-4-5-18(10-14(13)2)27-19(16-6-8-22-9-7-16)25-26-21(27)30-12-17-11-29-20(24-17)23-15(3)28/h4-11H,12H2,1-3H3,(H,23,24,28). The molecule has 1 N–H and O–H groups in total. The van der Waals surface area contributed by atoms with Gasteiger partial charge >= 0.3 is 0 Å². The van der Waals surface area contributed by atoms with Gasteiger partial charge in [0.25, 0.3) is 0 Å². The molecule has 3 heterocycles. The number of aromatic nitrogens is 5. The summed E-state index contributed by atoms with van der Waals surface area (Å²) in [5, 5.41) is 15.0. The lowest BCUT2D eigenvalue weighted by Gasteiger charge is -2.12. The maximum absolute atomic E-state index is 11.2. The maximum atomic E-state index is 11.2. The fourth-order valence-corrected chi connectivity index (χ4v) is 4.57. The summed E-state index contributed by atoms with van der Waals surface area (Å²) in [5.41, 5.74) is 5.28. The third-order valence-electron chi connectivity index (χ3n) is 4.50. The molecule has 4 aromatic rings. The molecule has 0 spiro atoms. The van der Waals surface area contributed by atoms with Gasteiger partial charge in [-0.1, -0.05) is 17.8 Å². The molecule has 0 saturated carbocycles. The van der Waals surface area contributed by atoms with Gasteiger partial charge in [0.05, 0.1) is 11.4 Å². The number of nitrogens with zero attached hydrogens (tertiary/aromatic N) is 5. The van der Waals surface area contributed by atoms with Crippen molar-refractivity contribution in [2.24, 2.45) is 0 Å². The Morgan fingerprint density at radius 3 is 2.67 bits per heavy atom. The molecule has 7 nitrogen and oxygen atoms in total. The Hall–Kier alpha value is -3.04. The van der Waals surface area contributed by atoms with E-state index < -0.39 is 0 Å². The number of carbonyl (C=O) groups is 1. The first-order valence-electron chi connectivity index (χ1n) is 9.29. The Labute approximate surface area is 182 Å². The van der Waals surface area contributed by atoms with Gasteiger partial charge < -0.3 is 5.32 Å². The van der Waals surface area contributed by atoms with Crippen LogP contribution >= 0.6 is 23.1 Å². The molecule has 0 radical (unpaired) electrons. The Kier molecular flexibility index (Phi) is 5.91. The van der Waals surface area contributed by atoms with Gasteiger partial charge in [-0.15, -0.1) is 21.5 Å². The summed E-state index contributed by atoms with van der Waals surface area (Å²) < 4.78 is 2.06. The van der Waals surface area contributed by atoms with E-state index in [4.69, 9.17) is 0 Å². The van der Waals surface area contributed by atoms with Gasteiger partial charge in [-0.2, -0.15) is 0 Å². The van der Waals surface area contributed by atoms with Crippen molar-refractivity contribution in [3.8, 4) is 17.1 Å². The van der Waals surface area contributed by atoms with Crippen LogP contribution in [0.4, 0.5) is 5.13 Å². The van der Waals surface area contributed by atoms with Gasteiger partial charge in [-0.05, 0) is 49.2 Å². The number of rotatable bonds is 6. The first-order chi connectivity index (χ1) is 14.5. The van der Waals surface area contributed by atoms with Gasteiger partial charge in [-0.25, -0.2) is 4.98 Å². The highest BCUT2D eigenvalue weighted by atomic mass is 32.2. The zero-order chi connectivity index (χ0) is 21.1. The van der Waals surface area contributed by atoms with E-state index >= 15 is 0 Å². The Morgan fingerprint density at radius 1 is 1.13 bits per heavy atom. The van der Waals surface area contributed by atoms with E-state index in [1.807, 2.05) is 17.5 Å². The third kappa shape index (κ3) is 4.42. The number of anilines is 1. The molecule has 4 rings (SSSR count). The number of pyridine rings is 1. The molecule has 30 heavy (non-hydrogen) atoms. The molecule has 3 aromatic heterocycles.